The van der Waals surface area contributed by atoms with Gasteiger partial charge in [-0.3, -0.25) is 14.6 Å². The minimum atomic E-state index is -0.335. The second-order valence-electron chi connectivity index (χ2n) is 5.13. The molecule has 0 unspecified atom stereocenters. The van der Waals surface area contributed by atoms with Crippen LogP contribution in [0.25, 0.3) is 0 Å². The van der Waals surface area contributed by atoms with Gasteiger partial charge in [0.25, 0.3) is 0 Å². The zero-order valence-corrected chi connectivity index (χ0v) is 13.1. The number of anilines is 1. The first-order valence-electron chi connectivity index (χ1n) is 7.10. The van der Waals surface area contributed by atoms with Crippen LogP contribution in [-0.2, 0) is 9.59 Å². The van der Waals surface area contributed by atoms with E-state index >= 15 is 0 Å². The molecule has 1 saturated heterocycles. The number of nitrogens with zero attached hydrogens (tertiary/aromatic N) is 2. The summed E-state index contributed by atoms with van der Waals surface area (Å²) in [5.41, 5.74) is 0.786. The van der Waals surface area contributed by atoms with Crippen molar-refractivity contribution in [1.82, 2.24) is 5.32 Å². The standard InChI is InChI=1S/C15H17N3O3S/c1-21-12-4-2-11(3-5-12)18-9-10(8-13(18)19)14(20)17-15-16-6-7-22-15/h2-5,10H,6-9H2,1H3,(H,16,17,20)/t10-/m1/s1. The number of carbonyl (C=O) groups is 2. The minimum absolute atomic E-state index is 0.0358. The molecule has 0 radical (unpaired) electrons. The van der Waals surface area contributed by atoms with Crippen molar-refractivity contribution in [2.24, 2.45) is 10.9 Å². The number of ether oxygens (including phenoxy) is 1. The molecule has 2 amide bonds. The van der Waals surface area contributed by atoms with E-state index in [2.05, 4.69) is 10.3 Å². The van der Waals surface area contributed by atoms with Gasteiger partial charge in [-0.2, -0.15) is 0 Å². The van der Waals surface area contributed by atoms with Crippen molar-refractivity contribution in [1.29, 1.82) is 0 Å². The van der Waals surface area contributed by atoms with E-state index in [1.165, 1.54) is 11.8 Å². The molecule has 1 atom stereocenters. The molecule has 0 spiro atoms. The van der Waals surface area contributed by atoms with Crippen molar-refractivity contribution in [3.05, 3.63) is 24.3 Å². The average Bonchev–Trinajstić information content (AvgIpc) is 3.17. The predicted molar refractivity (Wildman–Crippen MR) is 86.4 cm³/mol. The first-order chi connectivity index (χ1) is 10.7. The van der Waals surface area contributed by atoms with Gasteiger partial charge in [-0.05, 0) is 24.3 Å². The molecule has 22 heavy (non-hydrogen) atoms. The quantitative estimate of drug-likeness (QED) is 0.911. The Morgan fingerprint density at radius 3 is 2.82 bits per heavy atom. The van der Waals surface area contributed by atoms with Gasteiger partial charge in [-0.25, -0.2) is 0 Å². The van der Waals surface area contributed by atoms with Crippen LogP contribution in [0.3, 0.4) is 0 Å². The highest BCUT2D eigenvalue weighted by Gasteiger charge is 2.35. The number of methoxy groups -OCH3 is 1. The summed E-state index contributed by atoms with van der Waals surface area (Å²) in [5.74, 6) is 1.14. The van der Waals surface area contributed by atoms with Gasteiger partial charge in [0.15, 0.2) is 5.17 Å². The summed E-state index contributed by atoms with van der Waals surface area (Å²) in [6, 6.07) is 7.27. The van der Waals surface area contributed by atoms with Crippen molar-refractivity contribution >= 4 is 34.4 Å². The van der Waals surface area contributed by atoms with Gasteiger partial charge in [0.2, 0.25) is 11.8 Å². The second kappa shape index (κ2) is 6.39. The normalized spacial score (nSPS) is 21.0. The fraction of sp³-hybridized carbons (Fsp3) is 0.400. The highest BCUT2D eigenvalue weighted by Crippen LogP contribution is 2.27. The summed E-state index contributed by atoms with van der Waals surface area (Å²) in [5, 5.41) is 3.47. The van der Waals surface area contributed by atoms with E-state index in [4.69, 9.17) is 4.74 Å². The molecule has 0 aromatic heterocycles. The van der Waals surface area contributed by atoms with Gasteiger partial charge in [0.05, 0.1) is 19.6 Å². The van der Waals surface area contributed by atoms with Gasteiger partial charge >= 0.3 is 0 Å². The number of thioether (sulfide) groups is 1. The topological polar surface area (TPSA) is 71.0 Å². The van der Waals surface area contributed by atoms with Gasteiger partial charge in [-0.1, -0.05) is 11.8 Å². The number of hydrogen-bond acceptors (Lipinski definition) is 5. The Morgan fingerprint density at radius 2 is 2.18 bits per heavy atom. The number of aliphatic imine (C=N–C) groups is 1. The third-order valence-corrected chi connectivity index (χ3v) is 4.59. The van der Waals surface area contributed by atoms with E-state index in [0.29, 0.717) is 11.7 Å². The minimum Gasteiger partial charge on any atom is -0.497 e. The Morgan fingerprint density at radius 1 is 1.41 bits per heavy atom. The van der Waals surface area contributed by atoms with Crippen LogP contribution in [0.5, 0.6) is 5.75 Å². The zero-order valence-electron chi connectivity index (χ0n) is 12.2. The van der Waals surface area contributed by atoms with E-state index < -0.39 is 0 Å². The largest absolute Gasteiger partial charge is 0.497 e. The summed E-state index contributed by atoms with van der Waals surface area (Å²) in [6.45, 7) is 1.14. The molecule has 0 aliphatic carbocycles. The monoisotopic (exact) mass is 319 g/mol. The molecule has 3 rings (SSSR count). The van der Waals surface area contributed by atoms with Crippen LogP contribution in [0.15, 0.2) is 29.3 Å². The first kappa shape index (κ1) is 14.9. The van der Waals surface area contributed by atoms with Crippen LogP contribution in [0.4, 0.5) is 5.69 Å². The van der Waals surface area contributed by atoms with E-state index in [9.17, 15) is 9.59 Å². The summed E-state index contributed by atoms with van der Waals surface area (Å²) >= 11 is 1.54. The second-order valence-corrected chi connectivity index (χ2v) is 6.21. The molecule has 2 aliphatic heterocycles. The summed E-state index contributed by atoms with van der Waals surface area (Å²) < 4.78 is 5.11. The van der Waals surface area contributed by atoms with Crippen molar-refractivity contribution < 1.29 is 14.3 Å². The Labute approximate surface area is 132 Å². The Bertz CT molecular complexity index is 615. The van der Waals surface area contributed by atoms with E-state index in [1.807, 2.05) is 12.1 Å². The van der Waals surface area contributed by atoms with E-state index in [0.717, 1.165) is 23.7 Å². The van der Waals surface area contributed by atoms with Gasteiger partial charge < -0.3 is 15.0 Å². The number of amides is 2. The lowest BCUT2D eigenvalue weighted by molar-refractivity contribution is -0.125. The number of nitrogens with one attached hydrogen (secondary N) is 1. The highest BCUT2D eigenvalue weighted by molar-refractivity contribution is 8.14. The smallest absolute Gasteiger partial charge is 0.231 e. The number of amidine groups is 1. The molecule has 7 heteroatoms. The van der Waals surface area contributed by atoms with Crippen LogP contribution in [0.1, 0.15) is 6.42 Å². The van der Waals surface area contributed by atoms with Crippen LogP contribution in [0.2, 0.25) is 0 Å². The lowest BCUT2D eigenvalue weighted by atomic mass is 10.1. The van der Waals surface area contributed by atoms with Gasteiger partial charge in [-0.15, -0.1) is 0 Å². The Hall–Kier alpha value is -2.02. The molecule has 1 aromatic rings. The lowest BCUT2D eigenvalue weighted by Crippen LogP contribution is -2.35. The molecular formula is C15H17N3O3S. The van der Waals surface area contributed by atoms with Crippen LogP contribution < -0.4 is 15.0 Å². The molecular weight excluding hydrogens is 302 g/mol. The average molecular weight is 319 g/mol. The Kier molecular flexibility index (Phi) is 4.33. The van der Waals surface area contributed by atoms with Crippen LogP contribution in [0, 0.1) is 5.92 Å². The molecule has 2 aliphatic rings. The zero-order chi connectivity index (χ0) is 15.5. The third kappa shape index (κ3) is 3.09. The van der Waals surface area contributed by atoms with Gasteiger partial charge in [0.1, 0.15) is 5.75 Å². The summed E-state index contributed by atoms with van der Waals surface area (Å²) in [6.07, 6.45) is 0.232. The fourth-order valence-corrected chi connectivity index (χ4v) is 3.24. The van der Waals surface area contributed by atoms with Crippen LogP contribution >= 0.6 is 11.8 Å². The summed E-state index contributed by atoms with van der Waals surface area (Å²) in [7, 11) is 1.60. The number of hydrogen-bond donors (Lipinski definition) is 1. The molecule has 0 saturated carbocycles. The maximum absolute atomic E-state index is 12.2. The fourth-order valence-electron chi connectivity index (χ4n) is 2.51. The maximum Gasteiger partial charge on any atom is 0.231 e. The first-order valence-corrected chi connectivity index (χ1v) is 8.08. The highest BCUT2D eigenvalue weighted by atomic mass is 32.2. The van der Waals surface area contributed by atoms with Crippen molar-refractivity contribution in [3.63, 3.8) is 0 Å². The van der Waals surface area contributed by atoms with E-state index in [-0.39, 0.29) is 24.2 Å². The third-order valence-electron chi connectivity index (χ3n) is 3.70. The molecule has 6 nitrogen and oxygen atoms in total. The number of carbonyl (C=O) groups excluding carboxylic acids is 2. The summed E-state index contributed by atoms with van der Waals surface area (Å²) in [4.78, 5) is 30.2. The molecule has 1 fully saturated rings. The molecule has 116 valence electrons. The lowest BCUT2D eigenvalue weighted by Gasteiger charge is -2.17. The Balaban J connectivity index is 1.65. The number of benzene rings is 1. The SMILES string of the molecule is COc1ccc(N2C[C@H](C(=O)NC3=NCCS3)CC2=O)cc1. The molecule has 1 aromatic carbocycles. The number of rotatable bonds is 3. The van der Waals surface area contributed by atoms with E-state index in [1.54, 1.807) is 24.1 Å². The van der Waals surface area contributed by atoms with Crippen molar-refractivity contribution in [2.75, 3.05) is 30.9 Å². The molecule has 2 heterocycles. The predicted octanol–water partition coefficient (Wildman–Crippen LogP) is 1.27. The van der Waals surface area contributed by atoms with Crippen molar-refractivity contribution in [2.45, 2.75) is 6.42 Å². The van der Waals surface area contributed by atoms with Crippen LogP contribution in [-0.4, -0.2) is 42.9 Å². The molecule has 1 N–H and O–H groups in total. The molecule has 0 bridgehead atoms. The maximum atomic E-state index is 12.2. The van der Waals surface area contributed by atoms with Gasteiger partial charge in [0, 0.05) is 24.4 Å². The van der Waals surface area contributed by atoms with Crippen molar-refractivity contribution in [3.8, 4) is 5.75 Å².